The molecular weight excluding hydrogens is 560 g/mol. The van der Waals surface area contributed by atoms with E-state index in [-0.39, 0.29) is 23.1 Å². The molecule has 2 heterocycles. The Bertz CT molecular complexity index is 1730. The molecule has 5 aromatic rings. The number of hydrogen-bond donors (Lipinski definition) is 1. The number of carboxylic acids is 1. The summed E-state index contributed by atoms with van der Waals surface area (Å²) in [7, 11) is 0. The number of fused-ring (bicyclic) bond motifs is 2. The quantitative estimate of drug-likeness (QED) is 0.211. The molecule has 0 saturated carbocycles. The van der Waals surface area contributed by atoms with Crippen molar-refractivity contribution in [3.8, 4) is 22.8 Å². The van der Waals surface area contributed by atoms with Crippen LogP contribution in [0.2, 0.25) is 10.0 Å². The normalized spacial score (nSPS) is 12.7. The highest BCUT2D eigenvalue weighted by Gasteiger charge is 2.32. The monoisotopic (exact) mass is 578 g/mol. The van der Waals surface area contributed by atoms with E-state index in [0.29, 0.717) is 49.4 Å². The molecule has 0 aliphatic rings. The van der Waals surface area contributed by atoms with Crippen molar-refractivity contribution in [3.05, 3.63) is 75.9 Å². The Morgan fingerprint density at radius 3 is 2.56 bits per heavy atom. The summed E-state index contributed by atoms with van der Waals surface area (Å²) >= 11 is 12.3. The molecule has 0 spiro atoms. The Hall–Kier alpha value is -3.89. The highest BCUT2D eigenvalue weighted by Crippen LogP contribution is 2.40. The van der Waals surface area contributed by atoms with Crippen molar-refractivity contribution >= 4 is 51.0 Å². The minimum absolute atomic E-state index is 0.166. The van der Waals surface area contributed by atoms with Gasteiger partial charge in [-0.3, -0.25) is 0 Å². The van der Waals surface area contributed by atoms with Crippen LogP contribution >= 0.6 is 23.2 Å². The number of alkyl halides is 3. The van der Waals surface area contributed by atoms with Crippen molar-refractivity contribution in [1.82, 2.24) is 9.72 Å². The van der Waals surface area contributed by atoms with Crippen LogP contribution in [-0.2, 0) is 11.3 Å². The van der Waals surface area contributed by atoms with Crippen LogP contribution in [0.1, 0.15) is 18.2 Å². The van der Waals surface area contributed by atoms with Crippen LogP contribution in [-0.4, -0.2) is 33.3 Å². The molecular formula is C27H19Cl2F3N2O5. The van der Waals surface area contributed by atoms with Gasteiger partial charge in [-0.1, -0.05) is 34.4 Å². The molecule has 0 aliphatic heterocycles. The second-order valence-corrected chi connectivity index (χ2v) is 9.65. The number of carbonyl (C=O) groups is 1. The number of carboxylic acid groups (broad SMARTS) is 1. The molecule has 12 heteroatoms. The third-order valence-corrected chi connectivity index (χ3v) is 6.74. The van der Waals surface area contributed by atoms with E-state index in [1.165, 1.54) is 25.1 Å². The second-order valence-electron chi connectivity index (χ2n) is 8.81. The maximum Gasteiger partial charge on any atom is 0.573 e. The summed E-state index contributed by atoms with van der Waals surface area (Å²) in [6.45, 7) is 3.38. The fourth-order valence-electron chi connectivity index (χ4n) is 4.41. The predicted octanol–water partition coefficient (Wildman–Crippen LogP) is 7.86. The van der Waals surface area contributed by atoms with Crippen molar-refractivity contribution in [2.24, 2.45) is 0 Å². The average Bonchev–Trinajstić information content (AvgIpc) is 3.37. The van der Waals surface area contributed by atoms with Crippen LogP contribution in [0.15, 0.2) is 59.1 Å². The zero-order valence-corrected chi connectivity index (χ0v) is 21.9. The van der Waals surface area contributed by atoms with E-state index in [2.05, 4.69) is 9.89 Å². The van der Waals surface area contributed by atoms with Crippen LogP contribution in [0, 0.1) is 6.92 Å². The molecule has 39 heavy (non-hydrogen) atoms. The van der Waals surface area contributed by atoms with E-state index in [1.54, 1.807) is 41.0 Å². The van der Waals surface area contributed by atoms with Crippen LogP contribution < -0.4 is 9.47 Å². The molecule has 0 aliphatic carbocycles. The zero-order chi connectivity index (χ0) is 28.1. The Kier molecular flexibility index (Phi) is 6.86. The standard InChI is InChI=1S/C27H19Cl2F3N2O5/c1-13-24(25-19-6-4-16(28)10-22(19)39-33-25)18-7-5-17(38-27(30,31)32)11-21(18)34(13)12-15-3-8-20(29)23(9-15)37-14(2)26(35)36/h3-11,14H,12H2,1-2H3,(H,35,36)/t14-/m0/s1. The first-order valence-electron chi connectivity index (χ1n) is 11.5. The van der Waals surface area contributed by atoms with Crippen molar-refractivity contribution in [2.45, 2.75) is 32.9 Å². The summed E-state index contributed by atoms with van der Waals surface area (Å²) in [5.41, 5.74) is 3.43. The molecule has 7 nitrogen and oxygen atoms in total. The van der Waals surface area contributed by atoms with Crippen LogP contribution in [0.3, 0.4) is 0 Å². The molecule has 2 aromatic heterocycles. The summed E-state index contributed by atoms with van der Waals surface area (Å²) in [6.07, 6.45) is -6.01. The van der Waals surface area contributed by atoms with Crippen molar-refractivity contribution < 1.29 is 37.1 Å². The molecule has 0 bridgehead atoms. The lowest BCUT2D eigenvalue weighted by Crippen LogP contribution is -2.23. The predicted molar refractivity (Wildman–Crippen MR) is 140 cm³/mol. The van der Waals surface area contributed by atoms with Gasteiger partial charge in [0, 0.05) is 45.7 Å². The van der Waals surface area contributed by atoms with Gasteiger partial charge in [-0.05, 0) is 55.8 Å². The van der Waals surface area contributed by atoms with E-state index in [4.69, 9.17) is 32.5 Å². The fourth-order valence-corrected chi connectivity index (χ4v) is 4.73. The SMILES string of the molecule is Cc1c(-c2noc3cc(Cl)ccc23)c2ccc(OC(F)(F)F)cc2n1Cc1ccc(Cl)c(O[C@@H](C)C(=O)O)c1. The zero-order valence-electron chi connectivity index (χ0n) is 20.3. The molecule has 5 rings (SSSR count). The molecule has 3 aromatic carbocycles. The first kappa shape index (κ1) is 26.7. The summed E-state index contributed by atoms with van der Waals surface area (Å²) < 4.78 is 56.0. The van der Waals surface area contributed by atoms with Gasteiger partial charge in [-0.25, -0.2) is 4.79 Å². The van der Waals surface area contributed by atoms with Crippen molar-refractivity contribution in [3.63, 3.8) is 0 Å². The Labute approximate surface area is 229 Å². The van der Waals surface area contributed by atoms with Gasteiger partial charge in [0.1, 0.15) is 17.2 Å². The van der Waals surface area contributed by atoms with Gasteiger partial charge in [-0.2, -0.15) is 0 Å². The van der Waals surface area contributed by atoms with Gasteiger partial charge in [0.05, 0.1) is 10.5 Å². The number of nitrogens with zero attached hydrogens (tertiary/aromatic N) is 2. The van der Waals surface area contributed by atoms with Gasteiger partial charge < -0.3 is 23.7 Å². The second kappa shape index (κ2) is 10.0. The van der Waals surface area contributed by atoms with Gasteiger partial charge in [-0.15, -0.1) is 13.2 Å². The number of ether oxygens (including phenoxy) is 2. The summed E-state index contributed by atoms with van der Waals surface area (Å²) in [4.78, 5) is 11.3. The van der Waals surface area contributed by atoms with E-state index < -0.39 is 18.4 Å². The largest absolute Gasteiger partial charge is 0.573 e. The number of benzene rings is 3. The van der Waals surface area contributed by atoms with Crippen LogP contribution in [0.5, 0.6) is 11.5 Å². The Morgan fingerprint density at radius 2 is 1.85 bits per heavy atom. The molecule has 0 radical (unpaired) electrons. The number of aliphatic carboxylic acids is 1. The lowest BCUT2D eigenvalue weighted by molar-refractivity contribution is -0.274. The van der Waals surface area contributed by atoms with E-state index in [1.807, 2.05) is 6.92 Å². The number of rotatable bonds is 7. The number of hydrogen-bond acceptors (Lipinski definition) is 5. The summed E-state index contributed by atoms with van der Waals surface area (Å²) in [6, 6.07) is 14.0. The molecule has 1 N–H and O–H groups in total. The molecule has 0 amide bonds. The lowest BCUT2D eigenvalue weighted by atomic mass is 10.0. The Morgan fingerprint density at radius 1 is 1.10 bits per heavy atom. The third kappa shape index (κ3) is 5.35. The molecule has 0 saturated heterocycles. The van der Waals surface area contributed by atoms with E-state index in [9.17, 15) is 23.1 Å². The smallest absolute Gasteiger partial charge is 0.479 e. The maximum absolute atomic E-state index is 13.0. The highest BCUT2D eigenvalue weighted by molar-refractivity contribution is 6.32. The van der Waals surface area contributed by atoms with E-state index in [0.717, 1.165) is 0 Å². The lowest BCUT2D eigenvalue weighted by Gasteiger charge is -2.15. The highest BCUT2D eigenvalue weighted by atomic mass is 35.5. The van der Waals surface area contributed by atoms with Gasteiger partial charge in [0.2, 0.25) is 0 Å². The van der Waals surface area contributed by atoms with Crippen LogP contribution in [0.25, 0.3) is 33.1 Å². The first-order chi connectivity index (χ1) is 18.4. The minimum Gasteiger partial charge on any atom is -0.479 e. The van der Waals surface area contributed by atoms with Crippen molar-refractivity contribution in [1.29, 1.82) is 0 Å². The topological polar surface area (TPSA) is 86.7 Å². The minimum atomic E-state index is -4.87. The first-order valence-corrected chi connectivity index (χ1v) is 12.3. The number of aromatic nitrogens is 2. The molecule has 0 unspecified atom stereocenters. The fraction of sp³-hybridized carbons (Fsp3) is 0.185. The van der Waals surface area contributed by atoms with Gasteiger partial charge in [0.15, 0.2) is 11.7 Å². The molecule has 202 valence electrons. The summed E-state index contributed by atoms with van der Waals surface area (Å²) in [5, 5.41) is 15.4. The van der Waals surface area contributed by atoms with E-state index >= 15 is 0 Å². The average molecular weight is 579 g/mol. The molecule has 1 atom stereocenters. The van der Waals surface area contributed by atoms with Gasteiger partial charge in [0.25, 0.3) is 0 Å². The maximum atomic E-state index is 13.0. The number of halogens is 5. The van der Waals surface area contributed by atoms with Gasteiger partial charge >= 0.3 is 12.3 Å². The van der Waals surface area contributed by atoms with Crippen LogP contribution in [0.4, 0.5) is 13.2 Å². The summed E-state index contributed by atoms with van der Waals surface area (Å²) in [5.74, 6) is -1.38. The Balaban J connectivity index is 1.66. The van der Waals surface area contributed by atoms with Crippen molar-refractivity contribution in [2.75, 3.05) is 0 Å². The molecule has 0 fully saturated rings. The third-order valence-electron chi connectivity index (χ3n) is 6.19.